The lowest BCUT2D eigenvalue weighted by molar-refractivity contribution is -0.709. The average molecular weight is 400 g/mol. The summed E-state index contributed by atoms with van der Waals surface area (Å²) in [5.74, 6) is 3.01. The number of aldehydes is 2. The molecule has 1 aromatic rings. The third-order valence-corrected chi connectivity index (χ3v) is 3.30. The SMILES string of the molecule is NOOOOOCCNc1ccc(C=O)c(C(=O)NC(CCC=O)C(N)=O)c1. The summed E-state index contributed by atoms with van der Waals surface area (Å²) in [5, 5.41) is 16.9. The number of benzene rings is 1. The van der Waals surface area contributed by atoms with Gasteiger partial charge in [-0.1, -0.05) is 0 Å². The number of carbonyl (C=O) groups excluding carboxylic acids is 4. The monoisotopic (exact) mass is 400 g/mol. The lowest BCUT2D eigenvalue weighted by Crippen LogP contribution is -2.44. The Hall–Kier alpha value is -2.94. The van der Waals surface area contributed by atoms with Gasteiger partial charge in [0, 0.05) is 24.2 Å². The van der Waals surface area contributed by atoms with E-state index in [2.05, 4.69) is 41.5 Å². The van der Waals surface area contributed by atoms with Gasteiger partial charge in [0.15, 0.2) is 6.29 Å². The Morgan fingerprint density at radius 3 is 2.61 bits per heavy atom. The van der Waals surface area contributed by atoms with Crippen molar-refractivity contribution in [2.45, 2.75) is 18.9 Å². The van der Waals surface area contributed by atoms with E-state index in [4.69, 9.17) is 5.73 Å². The summed E-state index contributed by atoms with van der Waals surface area (Å²) in [6, 6.07) is 3.34. The molecule has 0 fully saturated rings. The number of hydrogen-bond donors (Lipinski definition) is 4. The quantitative estimate of drug-likeness (QED) is 0.123. The van der Waals surface area contributed by atoms with Crippen LogP contribution in [0.5, 0.6) is 0 Å². The molecule has 0 radical (unpaired) electrons. The van der Waals surface area contributed by atoms with Gasteiger partial charge in [-0.3, -0.25) is 14.4 Å². The minimum Gasteiger partial charge on any atom is -0.383 e. The van der Waals surface area contributed by atoms with Crippen molar-refractivity contribution in [1.29, 1.82) is 0 Å². The largest absolute Gasteiger partial charge is 0.383 e. The van der Waals surface area contributed by atoms with Crippen molar-refractivity contribution in [3.63, 3.8) is 0 Å². The number of primary amides is 1. The van der Waals surface area contributed by atoms with E-state index < -0.39 is 17.9 Å². The number of anilines is 1. The van der Waals surface area contributed by atoms with Gasteiger partial charge in [0.05, 0.1) is 5.56 Å². The maximum atomic E-state index is 12.4. The van der Waals surface area contributed by atoms with Gasteiger partial charge in [0.25, 0.3) is 5.91 Å². The highest BCUT2D eigenvalue weighted by molar-refractivity contribution is 6.03. The Morgan fingerprint density at radius 2 is 1.96 bits per heavy atom. The predicted octanol–water partition coefficient (Wildman–Crippen LogP) is -0.909. The Bertz CT molecular complexity index is 671. The van der Waals surface area contributed by atoms with E-state index in [0.717, 1.165) is 0 Å². The number of nitrogens with two attached hydrogens (primary N) is 2. The molecule has 1 aromatic carbocycles. The van der Waals surface area contributed by atoms with E-state index in [1.807, 2.05) is 0 Å². The van der Waals surface area contributed by atoms with Crippen LogP contribution < -0.4 is 22.3 Å². The second kappa shape index (κ2) is 13.3. The Kier molecular flexibility index (Phi) is 10.9. The van der Waals surface area contributed by atoms with Gasteiger partial charge in [0.1, 0.15) is 18.9 Å². The standard InChI is InChI=1S/C15H20N4O9/c16-14(22)13(2-1-6-20)19-15(23)12-8-11(4-3-10(12)9-21)18-5-7-24-26-28-27-25-17/h3-4,6,8-9,13,18H,1-2,5,7,17H2,(H2,16,22)(H,19,23). The van der Waals surface area contributed by atoms with E-state index in [1.54, 1.807) is 6.07 Å². The van der Waals surface area contributed by atoms with Crippen LogP contribution in [-0.4, -0.2) is 43.6 Å². The molecule has 13 nitrogen and oxygen atoms in total. The molecule has 6 N–H and O–H groups in total. The Balaban J connectivity index is 2.69. The lowest BCUT2D eigenvalue weighted by Gasteiger charge is -2.16. The highest BCUT2D eigenvalue weighted by atomic mass is 17.8. The van der Waals surface area contributed by atoms with Gasteiger partial charge in [-0.15, -0.1) is 4.99 Å². The summed E-state index contributed by atoms with van der Waals surface area (Å²) in [6.45, 7) is 0.220. The zero-order chi connectivity index (χ0) is 20.8. The Morgan fingerprint density at radius 1 is 1.18 bits per heavy atom. The molecule has 1 rings (SSSR count). The molecule has 0 aromatic heterocycles. The minimum atomic E-state index is -1.04. The van der Waals surface area contributed by atoms with Crippen molar-refractivity contribution in [3.05, 3.63) is 29.3 Å². The highest BCUT2D eigenvalue weighted by Gasteiger charge is 2.20. The van der Waals surface area contributed by atoms with E-state index in [9.17, 15) is 19.2 Å². The van der Waals surface area contributed by atoms with Crippen LogP contribution in [0.25, 0.3) is 0 Å². The minimum absolute atomic E-state index is 0.000335. The molecule has 1 unspecified atom stereocenters. The van der Waals surface area contributed by atoms with Crippen molar-refractivity contribution in [1.82, 2.24) is 5.32 Å². The molecular formula is C15H20N4O9. The first-order valence-corrected chi connectivity index (χ1v) is 7.88. The number of rotatable bonds is 15. The molecule has 28 heavy (non-hydrogen) atoms. The molecule has 0 bridgehead atoms. The second-order valence-corrected chi connectivity index (χ2v) is 5.14. The third-order valence-electron chi connectivity index (χ3n) is 3.30. The van der Waals surface area contributed by atoms with Gasteiger partial charge < -0.3 is 21.2 Å². The van der Waals surface area contributed by atoms with E-state index in [1.165, 1.54) is 12.1 Å². The molecule has 0 saturated carbocycles. The summed E-state index contributed by atoms with van der Waals surface area (Å²) in [6.07, 6.45) is 1.20. The van der Waals surface area contributed by atoms with Gasteiger partial charge in [0.2, 0.25) is 5.91 Å². The van der Waals surface area contributed by atoms with Gasteiger partial charge >= 0.3 is 0 Å². The maximum Gasteiger partial charge on any atom is 0.252 e. The summed E-state index contributed by atoms with van der Waals surface area (Å²) >= 11 is 0. The predicted molar refractivity (Wildman–Crippen MR) is 90.5 cm³/mol. The summed E-state index contributed by atoms with van der Waals surface area (Å²) < 4.78 is 0. The van der Waals surface area contributed by atoms with Crippen LogP contribution in [0.2, 0.25) is 0 Å². The summed E-state index contributed by atoms with van der Waals surface area (Å²) in [4.78, 5) is 53.6. The van der Waals surface area contributed by atoms with Gasteiger partial charge in [-0.2, -0.15) is 5.90 Å². The average Bonchev–Trinajstić information content (AvgIpc) is 2.69. The molecule has 13 heteroatoms. The normalized spacial score (nSPS) is 11.5. The van der Waals surface area contributed by atoms with Crippen molar-refractivity contribution in [2.75, 3.05) is 18.5 Å². The molecule has 0 aliphatic rings. The number of hydrogen-bond acceptors (Lipinski definition) is 11. The van der Waals surface area contributed by atoms with Crippen LogP contribution in [-0.2, 0) is 34.6 Å². The van der Waals surface area contributed by atoms with Crippen molar-refractivity contribution < 1.29 is 44.2 Å². The fourth-order valence-corrected chi connectivity index (χ4v) is 2.04. The van der Waals surface area contributed by atoms with Crippen molar-refractivity contribution >= 4 is 30.1 Å². The van der Waals surface area contributed by atoms with Crippen LogP contribution in [0.4, 0.5) is 5.69 Å². The Labute approximate surface area is 158 Å². The first kappa shape index (κ1) is 23.1. The molecule has 0 aliphatic heterocycles. The van der Waals surface area contributed by atoms with Gasteiger partial charge in [-0.05, 0) is 39.7 Å². The summed E-state index contributed by atoms with van der Waals surface area (Å²) in [7, 11) is 0. The zero-order valence-electron chi connectivity index (χ0n) is 14.6. The van der Waals surface area contributed by atoms with Crippen LogP contribution in [0, 0.1) is 0 Å². The molecule has 0 spiro atoms. The number of carbonyl (C=O) groups is 4. The van der Waals surface area contributed by atoms with Crippen molar-refractivity contribution in [2.24, 2.45) is 11.6 Å². The first-order chi connectivity index (χ1) is 13.5. The lowest BCUT2D eigenvalue weighted by atomic mass is 10.1. The van der Waals surface area contributed by atoms with Crippen molar-refractivity contribution in [3.8, 4) is 0 Å². The first-order valence-electron chi connectivity index (χ1n) is 7.88. The molecule has 0 saturated heterocycles. The van der Waals surface area contributed by atoms with E-state index in [0.29, 0.717) is 18.3 Å². The van der Waals surface area contributed by atoms with Gasteiger partial charge in [-0.25, -0.2) is 4.89 Å². The van der Waals surface area contributed by atoms with E-state index in [-0.39, 0.29) is 37.1 Å². The van der Waals surface area contributed by atoms with Crippen LogP contribution in [0.1, 0.15) is 33.6 Å². The second-order valence-electron chi connectivity index (χ2n) is 5.14. The summed E-state index contributed by atoms with van der Waals surface area (Å²) in [5.41, 5.74) is 5.82. The highest BCUT2D eigenvalue weighted by Crippen LogP contribution is 2.15. The molecule has 2 amide bonds. The maximum absolute atomic E-state index is 12.4. The molecule has 154 valence electrons. The number of nitrogens with one attached hydrogen (secondary N) is 2. The molecule has 1 atom stereocenters. The topological polar surface area (TPSA) is 191 Å². The fourth-order valence-electron chi connectivity index (χ4n) is 2.04. The van der Waals surface area contributed by atoms with E-state index >= 15 is 0 Å². The smallest absolute Gasteiger partial charge is 0.252 e. The zero-order valence-corrected chi connectivity index (χ0v) is 14.6. The number of amides is 2. The molecule has 0 heterocycles. The van der Waals surface area contributed by atoms with Crippen LogP contribution in [0.3, 0.4) is 0 Å². The van der Waals surface area contributed by atoms with Crippen LogP contribution in [0.15, 0.2) is 18.2 Å². The molecule has 0 aliphatic carbocycles. The molecular weight excluding hydrogens is 380 g/mol. The third kappa shape index (κ3) is 8.17. The fraction of sp³-hybridized carbons (Fsp3) is 0.333. The van der Waals surface area contributed by atoms with Crippen LogP contribution >= 0.6 is 0 Å².